The molecule has 0 bridgehead atoms. The molecule has 0 unspecified atom stereocenters. The van der Waals surface area contributed by atoms with Crippen LogP contribution < -0.4 is 10.5 Å². The Morgan fingerprint density at radius 1 is 1.37 bits per heavy atom. The Balaban J connectivity index is 2.47. The van der Waals surface area contributed by atoms with Gasteiger partial charge in [-0.05, 0) is 19.9 Å². The maximum absolute atomic E-state index is 12.4. The highest BCUT2D eigenvalue weighted by Crippen LogP contribution is 2.24. The summed E-state index contributed by atoms with van der Waals surface area (Å²) >= 11 is 0. The monoisotopic (exact) mass is 281 g/mol. The molecule has 19 heavy (non-hydrogen) atoms. The van der Waals surface area contributed by atoms with Crippen molar-refractivity contribution in [3.63, 3.8) is 0 Å². The number of hydrogen-bond acceptors (Lipinski definition) is 5. The van der Waals surface area contributed by atoms with Crippen LogP contribution in [0, 0.1) is 13.8 Å². The molecule has 0 atom stereocenters. The molecule has 2 aromatic heterocycles. The van der Waals surface area contributed by atoms with Gasteiger partial charge in [-0.15, -0.1) is 0 Å². The molecule has 7 nitrogen and oxygen atoms in total. The fraction of sp³-hybridized carbons (Fsp3) is 0.273. The smallest absolute Gasteiger partial charge is 0.265 e. The molecule has 0 saturated carbocycles. The molecule has 3 N–H and O–H groups in total. The van der Waals surface area contributed by atoms with Gasteiger partial charge < -0.3 is 5.73 Å². The van der Waals surface area contributed by atoms with Gasteiger partial charge in [-0.25, -0.2) is 8.42 Å². The van der Waals surface area contributed by atoms with Crippen LogP contribution in [-0.2, 0) is 17.1 Å². The molecule has 0 aromatic carbocycles. The summed E-state index contributed by atoms with van der Waals surface area (Å²) in [6.45, 7) is 3.35. The molecule has 2 rings (SSSR count). The fourth-order valence-corrected chi connectivity index (χ4v) is 3.37. The molecule has 102 valence electrons. The number of anilines is 2. The van der Waals surface area contributed by atoms with Gasteiger partial charge in [-0.2, -0.15) is 5.10 Å². The van der Waals surface area contributed by atoms with E-state index in [1.165, 1.54) is 23.1 Å². The minimum Gasteiger partial charge on any atom is -0.396 e. The van der Waals surface area contributed by atoms with Crippen LogP contribution >= 0.6 is 0 Å². The summed E-state index contributed by atoms with van der Waals surface area (Å²) < 4.78 is 28.7. The summed E-state index contributed by atoms with van der Waals surface area (Å²) in [6, 6.07) is 1.51. The normalized spacial score (nSPS) is 11.5. The highest BCUT2D eigenvalue weighted by atomic mass is 32.2. The van der Waals surface area contributed by atoms with Crippen molar-refractivity contribution >= 4 is 21.4 Å². The van der Waals surface area contributed by atoms with Gasteiger partial charge in [-0.1, -0.05) is 0 Å². The first-order valence-corrected chi connectivity index (χ1v) is 7.03. The molecule has 2 heterocycles. The molecule has 8 heteroatoms. The van der Waals surface area contributed by atoms with E-state index in [1.54, 1.807) is 20.9 Å². The Labute approximate surface area is 111 Å². The fourth-order valence-electron chi connectivity index (χ4n) is 1.84. The van der Waals surface area contributed by atoms with E-state index >= 15 is 0 Å². The maximum Gasteiger partial charge on any atom is 0.265 e. The van der Waals surface area contributed by atoms with Crippen molar-refractivity contribution in [3.8, 4) is 0 Å². The number of aromatic nitrogens is 3. The lowest BCUT2D eigenvalue weighted by atomic mass is 10.4. The van der Waals surface area contributed by atoms with Crippen molar-refractivity contribution in [1.29, 1.82) is 0 Å². The third-order valence-corrected chi connectivity index (χ3v) is 4.42. The van der Waals surface area contributed by atoms with Crippen LogP contribution in [-0.4, -0.2) is 23.2 Å². The molecule has 2 aromatic rings. The summed E-state index contributed by atoms with van der Waals surface area (Å²) in [6.07, 6.45) is 2.86. The molecule has 0 aliphatic rings. The molecular weight excluding hydrogens is 266 g/mol. The summed E-state index contributed by atoms with van der Waals surface area (Å²) in [5, 5.41) is 4.09. The van der Waals surface area contributed by atoms with Gasteiger partial charge in [0.15, 0.2) is 0 Å². The number of nitrogen functional groups attached to an aromatic ring is 1. The summed E-state index contributed by atoms with van der Waals surface area (Å²) in [5.74, 6) is 0. The first-order valence-electron chi connectivity index (χ1n) is 5.55. The predicted octanol–water partition coefficient (Wildman–Crippen LogP) is 0.815. The van der Waals surface area contributed by atoms with Crippen LogP contribution in [0.5, 0.6) is 0 Å². The van der Waals surface area contributed by atoms with Crippen molar-refractivity contribution < 1.29 is 8.42 Å². The molecule has 0 spiro atoms. The Hall–Kier alpha value is -2.09. The van der Waals surface area contributed by atoms with Gasteiger partial charge in [-0.3, -0.25) is 14.4 Å². The second kappa shape index (κ2) is 4.54. The van der Waals surface area contributed by atoms with Crippen LogP contribution in [0.2, 0.25) is 0 Å². The number of aryl methyl sites for hydroxylation is 2. The molecule has 0 radical (unpaired) electrons. The van der Waals surface area contributed by atoms with Crippen molar-refractivity contribution in [3.05, 3.63) is 29.8 Å². The van der Waals surface area contributed by atoms with Gasteiger partial charge in [0.25, 0.3) is 10.0 Å². The quantitative estimate of drug-likeness (QED) is 0.866. The van der Waals surface area contributed by atoms with Gasteiger partial charge in [0, 0.05) is 13.2 Å². The van der Waals surface area contributed by atoms with Crippen molar-refractivity contribution in [1.82, 2.24) is 14.8 Å². The summed E-state index contributed by atoms with van der Waals surface area (Å²) in [4.78, 5) is 3.98. The maximum atomic E-state index is 12.4. The van der Waals surface area contributed by atoms with Crippen LogP contribution in [0.4, 0.5) is 11.4 Å². The van der Waals surface area contributed by atoms with Gasteiger partial charge in [0.2, 0.25) is 0 Å². The van der Waals surface area contributed by atoms with Crippen LogP contribution in [0.25, 0.3) is 0 Å². The Morgan fingerprint density at radius 2 is 2.05 bits per heavy atom. The largest absolute Gasteiger partial charge is 0.396 e. The highest BCUT2D eigenvalue weighted by molar-refractivity contribution is 7.92. The van der Waals surface area contributed by atoms with E-state index in [0.717, 1.165) is 0 Å². The summed E-state index contributed by atoms with van der Waals surface area (Å²) in [7, 11) is -2.02. The number of nitrogens with two attached hydrogens (primary N) is 1. The minimum absolute atomic E-state index is 0.172. The van der Waals surface area contributed by atoms with E-state index in [0.29, 0.717) is 17.1 Å². The zero-order chi connectivity index (χ0) is 14.2. The molecule has 0 aliphatic carbocycles. The molecule has 0 fully saturated rings. The lowest BCUT2D eigenvalue weighted by Crippen LogP contribution is -2.16. The second-order valence-corrected chi connectivity index (χ2v) is 5.81. The number of sulfonamides is 1. The van der Waals surface area contributed by atoms with Gasteiger partial charge >= 0.3 is 0 Å². The predicted molar refractivity (Wildman–Crippen MR) is 72.1 cm³/mol. The lowest BCUT2D eigenvalue weighted by molar-refractivity contribution is 0.599. The molecular formula is C11H15N5O2S. The van der Waals surface area contributed by atoms with E-state index < -0.39 is 10.0 Å². The van der Waals surface area contributed by atoms with Crippen LogP contribution in [0.1, 0.15) is 11.4 Å². The van der Waals surface area contributed by atoms with Crippen LogP contribution in [0.15, 0.2) is 23.4 Å². The van der Waals surface area contributed by atoms with Crippen molar-refractivity contribution in [2.75, 3.05) is 10.5 Å². The molecule has 0 saturated heterocycles. The zero-order valence-corrected chi connectivity index (χ0v) is 11.7. The van der Waals surface area contributed by atoms with E-state index in [1.807, 2.05) is 0 Å². The first-order chi connectivity index (χ1) is 8.83. The zero-order valence-electron chi connectivity index (χ0n) is 10.9. The van der Waals surface area contributed by atoms with E-state index in [4.69, 9.17) is 5.73 Å². The van der Waals surface area contributed by atoms with Crippen molar-refractivity contribution in [2.45, 2.75) is 18.7 Å². The lowest BCUT2D eigenvalue weighted by Gasteiger charge is -2.10. The van der Waals surface area contributed by atoms with Gasteiger partial charge in [0.1, 0.15) is 4.90 Å². The van der Waals surface area contributed by atoms with E-state index in [-0.39, 0.29) is 10.6 Å². The topological polar surface area (TPSA) is 103 Å². The second-order valence-electron chi connectivity index (χ2n) is 4.19. The third kappa shape index (κ3) is 2.39. The number of hydrogen-bond donors (Lipinski definition) is 2. The standard InChI is InChI=1S/C11H15N5O2S/c1-7-11(8(2)16(3)14-7)19(17,18)15-10-4-5-13-6-9(10)12/h4-6H,12H2,1-3H3,(H,13,15). The average molecular weight is 281 g/mol. The van der Waals surface area contributed by atoms with Gasteiger partial charge in [0.05, 0.1) is 29.0 Å². The Kier molecular flexibility index (Phi) is 3.19. The number of nitrogens with zero attached hydrogens (tertiary/aromatic N) is 3. The average Bonchev–Trinajstić information content (AvgIpc) is 2.56. The Bertz CT molecular complexity index is 721. The summed E-state index contributed by atoms with van der Waals surface area (Å²) in [5.41, 5.74) is 7.26. The highest BCUT2D eigenvalue weighted by Gasteiger charge is 2.24. The van der Waals surface area contributed by atoms with E-state index in [9.17, 15) is 8.42 Å². The Morgan fingerprint density at radius 3 is 2.58 bits per heavy atom. The first kappa shape index (κ1) is 13.3. The number of pyridine rings is 1. The molecule has 0 aliphatic heterocycles. The van der Waals surface area contributed by atoms with E-state index in [2.05, 4.69) is 14.8 Å². The molecule has 0 amide bonds. The van der Waals surface area contributed by atoms with Crippen LogP contribution in [0.3, 0.4) is 0 Å². The number of nitrogens with one attached hydrogen (secondary N) is 1. The number of rotatable bonds is 3. The SMILES string of the molecule is Cc1nn(C)c(C)c1S(=O)(=O)Nc1ccncc1N. The third-order valence-electron chi connectivity index (χ3n) is 2.81. The van der Waals surface area contributed by atoms with Crippen molar-refractivity contribution in [2.24, 2.45) is 7.05 Å². The minimum atomic E-state index is -3.72.